The Morgan fingerprint density at radius 3 is 2.29 bits per heavy atom. The van der Waals surface area contributed by atoms with E-state index in [2.05, 4.69) is 5.32 Å². The summed E-state index contributed by atoms with van der Waals surface area (Å²) in [4.78, 5) is 11.8. The number of anilines is 1. The maximum absolute atomic E-state index is 11.8. The molecule has 0 saturated heterocycles. The summed E-state index contributed by atoms with van der Waals surface area (Å²) >= 11 is 0. The van der Waals surface area contributed by atoms with Crippen molar-refractivity contribution in [3.05, 3.63) is 29.8 Å². The highest BCUT2D eigenvalue weighted by Crippen LogP contribution is 2.19. The lowest BCUT2D eigenvalue weighted by atomic mass is 9.87. The van der Waals surface area contributed by atoms with Gasteiger partial charge in [-0.2, -0.15) is 0 Å². The summed E-state index contributed by atoms with van der Waals surface area (Å²) in [5.41, 5.74) is 7.07. The van der Waals surface area contributed by atoms with E-state index >= 15 is 0 Å². The fraction of sp³-hybridized carbons (Fsp3) is 0.462. The van der Waals surface area contributed by atoms with Crippen molar-refractivity contribution in [1.29, 1.82) is 0 Å². The Labute approximate surface area is 102 Å². The van der Waals surface area contributed by atoms with Crippen molar-refractivity contribution in [3.8, 4) is 0 Å². The molecule has 1 atom stereocenters. The minimum Gasteiger partial charge on any atom is -0.392 e. The van der Waals surface area contributed by atoms with Crippen molar-refractivity contribution < 1.29 is 9.90 Å². The van der Waals surface area contributed by atoms with Crippen molar-refractivity contribution in [2.24, 2.45) is 11.1 Å². The van der Waals surface area contributed by atoms with Crippen LogP contribution in [0.4, 0.5) is 5.69 Å². The highest BCUT2D eigenvalue weighted by Gasteiger charge is 2.27. The number of carbonyl (C=O) groups is 1. The smallest absolute Gasteiger partial charge is 0.241 e. The van der Waals surface area contributed by atoms with Gasteiger partial charge in [0.2, 0.25) is 5.91 Å². The summed E-state index contributed by atoms with van der Waals surface area (Å²) in [6, 6.07) is 6.47. The van der Waals surface area contributed by atoms with E-state index in [1.807, 2.05) is 20.8 Å². The molecule has 0 unspecified atom stereocenters. The maximum Gasteiger partial charge on any atom is 0.241 e. The number of carbonyl (C=O) groups excluding carboxylic acids is 1. The van der Waals surface area contributed by atoms with Gasteiger partial charge in [0.1, 0.15) is 0 Å². The molecular formula is C13H20N2O2. The highest BCUT2D eigenvalue weighted by molar-refractivity contribution is 5.95. The van der Waals surface area contributed by atoms with Crippen molar-refractivity contribution >= 4 is 11.6 Å². The molecule has 1 rings (SSSR count). The maximum atomic E-state index is 11.8. The van der Waals surface area contributed by atoms with Gasteiger partial charge in [-0.15, -0.1) is 0 Å². The summed E-state index contributed by atoms with van der Waals surface area (Å²) in [7, 11) is 0. The van der Waals surface area contributed by atoms with E-state index in [1.165, 1.54) is 0 Å². The summed E-state index contributed by atoms with van der Waals surface area (Å²) in [5, 5.41) is 11.7. The van der Waals surface area contributed by atoms with Gasteiger partial charge in [-0.05, 0) is 23.1 Å². The van der Waals surface area contributed by atoms with Gasteiger partial charge < -0.3 is 16.2 Å². The molecule has 0 radical (unpaired) electrons. The van der Waals surface area contributed by atoms with Gasteiger partial charge >= 0.3 is 0 Å². The first-order valence-corrected chi connectivity index (χ1v) is 5.61. The van der Waals surface area contributed by atoms with Crippen LogP contribution in [0.5, 0.6) is 0 Å². The third-order valence-electron chi connectivity index (χ3n) is 2.62. The summed E-state index contributed by atoms with van der Waals surface area (Å²) in [6.45, 7) is 5.76. The van der Waals surface area contributed by atoms with Crippen LogP contribution in [-0.2, 0) is 11.4 Å². The monoisotopic (exact) mass is 236 g/mol. The fourth-order valence-corrected chi connectivity index (χ4v) is 1.31. The standard InChI is InChI=1S/C13H20N2O2/c1-13(2,3)11(14)12(17)15-10-6-4-9(8-16)5-7-10/h4-7,11,16H,8,14H2,1-3H3,(H,15,17)/t11-/m0/s1. The van der Waals surface area contributed by atoms with Crippen LogP contribution >= 0.6 is 0 Å². The molecule has 0 aliphatic heterocycles. The molecule has 0 spiro atoms. The second-order valence-electron chi connectivity index (χ2n) is 5.19. The number of benzene rings is 1. The number of hydrogen-bond acceptors (Lipinski definition) is 3. The summed E-state index contributed by atoms with van der Waals surface area (Å²) in [5.74, 6) is -0.200. The molecule has 0 saturated carbocycles. The second-order valence-corrected chi connectivity index (χ2v) is 5.19. The first-order chi connectivity index (χ1) is 7.84. The molecule has 94 valence electrons. The van der Waals surface area contributed by atoms with Crippen LogP contribution in [0.15, 0.2) is 24.3 Å². The van der Waals surface area contributed by atoms with E-state index in [0.717, 1.165) is 5.56 Å². The quantitative estimate of drug-likeness (QED) is 0.744. The van der Waals surface area contributed by atoms with Gasteiger partial charge in [-0.3, -0.25) is 4.79 Å². The number of hydrogen-bond donors (Lipinski definition) is 3. The molecule has 0 aliphatic rings. The molecule has 0 aliphatic carbocycles. The largest absolute Gasteiger partial charge is 0.392 e. The van der Waals surface area contributed by atoms with Crippen LogP contribution < -0.4 is 11.1 Å². The Balaban J connectivity index is 2.68. The molecule has 0 aromatic heterocycles. The van der Waals surface area contributed by atoms with Crippen molar-refractivity contribution in [2.75, 3.05) is 5.32 Å². The zero-order valence-electron chi connectivity index (χ0n) is 10.5. The van der Waals surface area contributed by atoms with E-state index in [9.17, 15) is 4.79 Å². The molecule has 17 heavy (non-hydrogen) atoms. The van der Waals surface area contributed by atoms with Crippen LogP contribution in [0.2, 0.25) is 0 Å². The average molecular weight is 236 g/mol. The first-order valence-electron chi connectivity index (χ1n) is 5.61. The van der Waals surface area contributed by atoms with E-state index in [-0.39, 0.29) is 17.9 Å². The van der Waals surface area contributed by atoms with E-state index in [0.29, 0.717) is 5.69 Å². The van der Waals surface area contributed by atoms with Crippen LogP contribution in [-0.4, -0.2) is 17.1 Å². The Morgan fingerprint density at radius 1 is 1.35 bits per heavy atom. The van der Waals surface area contributed by atoms with E-state index < -0.39 is 6.04 Å². The average Bonchev–Trinajstić information content (AvgIpc) is 2.27. The molecule has 1 aromatic rings. The van der Waals surface area contributed by atoms with Crippen molar-refractivity contribution in [1.82, 2.24) is 0 Å². The predicted octanol–water partition coefficient (Wildman–Crippen LogP) is 1.49. The van der Waals surface area contributed by atoms with Crippen LogP contribution in [0, 0.1) is 5.41 Å². The second kappa shape index (κ2) is 5.29. The number of aliphatic hydroxyl groups excluding tert-OH is 1. The Hall–Kier alpha value is -1.39. The molecule has 1 aromatic carbocycles. The minimum absolute atomic E-state index is 0.00423. The Kier molecular flexibility index (Phi) is 4.26. The third kappa shape index (κ3) is 3.84. The highest BCUT2D eigenvalue weighted by atomic mass is 16.3. The fourth-order valence-electron chi connectivity index (χ4n) is 1.31. The van der Waals surface area contributed by atoms with Gasteiger partial charge in [0.25, 0.3) is 0 Å². The molecule has 1 amide bonds. The Bertz CT molecular complexity index is 379. The van der Waals surface area contributed by atoms with Crippen LogP contribution in [0.25, 0.3) is 0 Å². The molecule has 4 N–H and O–H groups in total. The van der Waals surface area contributed by atoms with Crippen molar-refractivity contribution in [3.63, 3.8) is 0 Å². The van der Waals surface area contributed by atoms with Gasteiger partial charge in [0.15, 0.2) is 0 Å². The molecule has 0 fully saturated rings. The number of rotatable bonds is 3. The van der Waals surface area contributed by atoms with Crippen molar-refractivity contribution in [2.45, 2.75) is 33.4 Å². The van der Waals surface area contributed by atoms with E-state index in [4.69, 9.17) is 10.8 Å². The topological polar surface area (TPSA) is 75.4 Å². The van der Waals surface area contributed by atoms with E-state index in [1.54, 1.807) is 24.3 Å². The SMILES string of the molecule is CC(C)(C)[C@@H](N)C(=O)Nc1ccc(CO)cc1. The molecule has 4 nitrogen and oxygen atoms in total. The molecular weight excluding hydrogens is 216 g/mol. The lowest BCUT2D eigenvalue weighted by Gasteiger charge is -2.25. The first kappa shape index (κ1) is 13.7. The van der Waals surface area contributed by atoms with Crippen LogP contribution in [0.1, 0.15) is 26.3 Å². The minimum atomic E-state index is -0.556. The predicted molar refractivity (Wildman–Crippen MR) is 68.4 cm³/mol. The van der Waals surface area contributed by atoms with Gasteiger partial charge in [-0.25, -0.2) is 0 Å². The number of nitrogens with two attached hydrogens (primary N) is 1. The lowest BCUT2D eigenvalue weighted by Crippen LogP contribution is -2.45. The number of amides is 1. The Morgan fingerprint density at radius 2 is 1.88 bits per heavy atom. The molecule has 0 heterocycles. The van der Waals surface area contributed by atoms with Crippen LogP contribution in [0.3, 0.4) is 0 Å². The third-order valence-corrected chi connectivity index (χ3v) is 2.62. The summed E-state index contributed by atoms with van der Waals surface area (Å²) < 4.78 is 0. The van der Waals surface area contributed by atoms with Gasteiger partial charge in [0, 0.05) is 5.69 Å². The number of nitrogens with one attached hydrogen (secondary N) is 1. The summed E-state index contributed by atoms with van der Waals surface area (Å²) in [6.07, 6.45) is 0. The lowest BCUT2D eigenvalue weighted by molar-refractivity contribution is -0.119. The zero-order chi connectivity index (χ0) is 13.1. The van der Waals surface area contributed by atoms with Gasteiger partial charge in [-0.1, -0.05) is 32.9 Å². The number of aliphatic hydroxyl groups is 1. The molecule has 4 heteroatoms. The normalized spacial score (nSPS) is 13.2. The zero-order valence-corrected chi connectivity index (χ0v) is 10.5. The molecule has 0 bridgehead atoms. The van der Waals surface area contributed by atoms with Gasteiger partial charge in [0.05, 0.1) is 12.6 Å².